The molecule has 0 amide bonds. The Morgan fingerprint density at radius 2 is 1.90 bits per heavy atom. The third-order valence-electron chi connectivity index (χ3n) is 2.73. The molecule has 3 nitrogen and oxygen atoms in total. The van der Waals surface area contributed by atoms with Crippen LogP contribution in [0.25, 0.3) is 0 Å². The zero-order valence-electron chi connectivity index (χ0n) is 11.8. The molecule has 0 spiro atoms. The van der Waals surface area contributed by atoms with Crippen LogP contribution in [0.2, 0.25) is 0 Å². The molecule has 0 aliphatic carbocycles. The standard InChI is InChI=1S/C16H15FO3S/c1-3-20-16(18)11-4-9-15(14(17)10-11)21-13-7-5-12(19-2)6-8-13/h4-10H,3H2,1-2H3. The number of ether oxygens (including phenoxy) is 2. The molecule has 0 atom stereocenters. The SMILES string of the molecule is CCOC(=O)c1ccc(Sc2ccc(OC)cc2)c(F)c1. The Bertz CT molecular complexity index is 626. The van der Waals surface area contributed by atoms with E-state index in [1.54, 1.807) is 26.2 Å². The average Bonchev–Trinajstić information content (AvgIpc) is 2.50. The highest BCUT2D eigenvalue weighted by atomic mass is 32.2. The van der Waals surface area contributed by atoms with E-state index in [9.17, 15) is 9.18 Å². The van der Waals surface area contributed by atoms with Crippen LogP contribution in [0.1, 0.15) is 17.3 Å². The summed E-state index contributed by atoms with van der Waals surface area (Å²) in [6.07, 6.45) is 0. The van der Waals surface area contributed by atoms with Crippen LogP contribution < -0.4 is 4.74 Å². The number of carbonyl (C=O) groups is 1. The normalized spacial score (nSPS) is 10.2. The van der Waals surface area contributed by atoms with Crippen LogP contribution in [-0.2, 0) is 4.74 Å². The summed E-state index contributed by atoms with van der Waals surface area (Å²) in [5.41, 5.74) is 0.216. The molecular formula is C16H15FO3S. The van der Waals surface area contributed by atoms with Crippen LogP contribution in [-0.4, -0.2) is 19.7 Å². The van der Waals surface area contributed by atoms with Gasteiger partial charge in [-0.25, -0.2) is 9.18 Å². The second-order valence-electron chi connectivity index (χ2n) is 4.14. The lowest BCUT2D eigenvalue weighted by Crippen LogP contribution is -2.05. The van der Waals surface area contributed by atoms with Gasteiger partial charge in [0.15, 0.2) is 0 Å². The van der Waals surface area contributed by atoms with Crippen LogP contribution in [0.15, 0.2) is 52.3 Å². The fourth-order valence-corrected chi connectivity index (χ4v) is 2.51. The van der Waals surface area contributed by atoms with E-state index in [1.807, 2.05) is 24.3 Å². The second-order valence-corrected chi connectivity index (χ2v) is 5.26. The minimum Gasteiger partial charge on any atom is -0.497 e. The first-order valence-electron chi connectivity index (χ1n) is 6.42. The summed E-state index contributed by atoms with van der Waals surface area (Å²) in [7, 11) is 1.59. The van der Waals surface area contributed by atoms with E-state index in [2.05, 4.69) is 0 Å². The van der Waals surface area contributed by atoms with Gasteiger partial charge in [-0.3, -0.25) is 0 Å². The summed E-state index contributed by atoms with van der Waals surface area (Å²) in [6.45, 7) is 1.98. The monoisotopic (exact) mass is 306 g/mol. The molecule has 0 fully saturated rings. The zero-order chi connectivity index (χ0) is 15.2. The molecule has 0 saturated heterocycles. The molecule has 21 heavy (non-hydrogen) atoms. The van der Waals surface area contributed by atoms with Gasteiger partial charge in [-0.1, -0.05) is 11.8 Å². The minimum atomic E-state index is -0.516. The van der Waals surface area contributed by atoms with Gasteiger partial charge in [0, 0.05) is 9.79 Å². The van der Waals surface area contributed by atoms with E-state index in [4.69, 9.17) is 9.47 Å². The highest BCUT2D eigenvalue weighted by Gasteiger charge is 2.11. The summed E-state index contributed by atoms with van der Waals surface area (Å²) in [5, 5.41) is 0. The second kappa shape index (κ2) is 7.13. The average molecular weight is 306 g/mol. The number of benzene rings is 2. The van der Waals surface area contributed by atoms with Crippen molar-refractivity contribution in [2.45, 2.75) is 16.7 Å². The van der Waals surface area contributed by atoms with Gasteiger partial charge in [0.05, 0.1) is 19.3 Å². The first-order valence-corrected chi connectivity index (χ1v) is 7.24. The number of esters is 1. The summed E-state index contributed by atoms with van der Waals surface area (Å²) in [6, 6.07) is 11.7. The number of rotatable bonds is 5. The minimum absolute atomic E-state index is 0.216. The number of hydrogen-bond acceptors (Lipinski definition) is 4. The third kappa shape index (κ3) is 3.98. The molecule has 0 radical (unpaired) electrons. The predicted molar refractivity (Wildman–Crippen MR) is 79.5 cm³/mol. The smallest absolute Gasteiger partial charge is 0.338 e. The molecule has 2 rings (SSSR count). The molecule has 0 heterocycles. The Hall–Kier alpha value is -2.01. The lowest BCUT2D eigenvalue weighted by Gasteiger charge is -2.06. The zero-order valence-corrected chi connectivity index (χ0v) is 12.6. The Morgan fingerprint density at radius 1 is 1.19 bits per heavy atom. The van der Waals surface area contributed by atoms with E-state index < -0.39 is 11.8 Å². The topological polar surface area (TPSA) is 35.5 Å². The highest BCUT2D eigenvalue weighted by Crippen LogP contribution is 2.31. The van der Waals surface area contributed by atoms with Gasteiger partial charge in [0.2, 0.25) is 0 Å². The van der Waals surface area contributed by atoms with Crippen LogP contribution in [0, 0.1) is 5.82 Å². The van der Waals surface area contributed by atoms with Gasteiger partial charge in [-0.05, 0) is 49.4 Å². The molecule has 0 N–H and O–H groups in total. The lowest BCUT2D eigenvalue weighted by molar-refractivity contribution is 0.0525. The highest BCUT2D eigenvalue weighted by molar-refractivity contribution is 7.99. The largest absolute Gasteiger partial charge is 0.497 e. The lowest BCUT2D eigenvalue weighted by atomic mass is 10.2. The third-order valence-corrected chi connectivity index (χ3v) is 3.79. The molecule has 0 saturated carbocycles. The summed E-state index contributed by atoms with van der Waals surface area (Å²) >= 11 is 1.28. The van der Waals surface area contributed by atoms with Crippen molar-refractivity contribution in [3.05, 3.63) is 53.8 Å². The van der Waals surface area contributed by atoms with Gasteiger partial charge in [0.1, 0.15) is 11.6 Å². The molecule has 2 aromatic rings. The number of methoxy groups -OCH3 is 1. The van der Waals surface area contributed by atoms with Gasteiger partial charge >= 0.3 is 5.97 Å². The number of hydrogen-bond donors (Lipinski definition) is 0. The van der Waals surface area contributed by atoms with Gasteiger partial charge in [0.25, 0.3) is 0 Å². The molecule has 0 bridgehead atoms. The van der Waals surface area contributed by atoms with Crippen molar-refractivity contribution in [1.29, 1.82) is 0 Å². The van der Waals surface area contributed by atoms with Gasteiger partial charge < -0.3 is 9.47 Å². The van der Waals surface area contributed by atoms with E-state index >= 15 is 0 Å². The number of carbonyl (C=O) groups excluding carboxylic acids is 1. The number of halogens is 1. The van der Waals surface area contributed by atoms with E-state index in [-0.39, 0.29) is 12.2 Å². The first-order chi connectivity index (χ1) is 10.1. The Morgan fingerprint density at radius 3 is 2.48 bits per heavy atom. The maximum absolute atomic E-state index is 14.0. The van der Waals surface area contributed by atoms with Crippen molar-refractivity contribution in [3.63, 3.8) is 0 Å². The van der Waals surface area contributed by atoms with Crippen molar-refractivity contribution in [2.75, 3.05) is 13.7 Å². The molecule has 0 aliphatic rings. The van der Waals surface area contributed by atoms with Crippen LogP contribution >= 0.6 is 11.8 Å². The molecule has 2 aromatic carbocycles. The predicted octanol–water partition coefficient (Wildman–Crippen LogP) is 4.16. The summed E-state index contributed by atoms with van der Waals surface area (Å²) < 4.78 is 23.9. The first kappa shape index (κ1) is 15.4. The fourth-order valence-electron chi connectivity index (χ4n) is 1.70. The fraction of sp³-hybridized carbons (Fsp3) is 0.188. The Labute approximate surface area is 127 Å². The summed E-state index contributed by atoms with van der Waals surface area (Å²) in [5.74, 6) is -0.212. The molecule has 0 aromatic heterocycles. The summed E-state index contributed by atoms with van der Waals surface area (Å²) in [4.78, 5) is 12.9. The quantitative estimate of drug-likeness (QED) is 0.777. The molecule has 110 valence electrons. The molecular weight excluding hydrogens is 291 g/mol. The van der Waals surface area contributed by atoms with E-state index in [0.717, 1.165) is 10.6 Å². The van der Waals surface area contributed by atoms with Gasteiger partial charge in [-0.2, -0.15) is 0 Å². The van der Waals surface area contributed by atoms with Crippen molar-refractivity contribution in [3.8, 4) is 5.75 Å². The van der Waals surface area contributed by atoms with E-state index in [1.165, 1.54) is 17.8 Å². The molecule has 0 unspecified atom stereocenters. The maximum Gasteiger partial charge on any atom is 0.338 e. The van der Waals surface area contributed by atoms with Crippen molar-refractivity contribution in [2.24, 2.45) is 0 Å². The Balaban J connectivity index is 2.15. The van der Waals surface area contributed by atoms with Crippen molar-refractivity contribution < 1.29 is 18.7 Å². The van der Waals surface area contributed by atoms with Crippen LogP contribution in [0.5, 0.6) is 5.75 Å². The Kier molecular flexibility index (Phi) is 5.22. The van der Waals surface area contributed by atoms with Crippen LogP contribution in [0.3, 0.4) is 0 Å². The van der Waals surface area contributed by atoms with Crippen molar-refractivity contribution in [1.82, 2.24) is 0 Å². The van der Waals surface area contributed by atoms with Gasteiger partial charge in [-0.15, -0.1) is 0 Å². The maximum atomic E-state index is 14.0. The van der Waals surface area contributed by atoms with E-state index in [0.29, 0.717) is 4.90 Å². The van der Waals surface area contributed by atoms with Crippen LogP contribution in [0.4, 0.5) is 4.39 Å². The van der Waals surface area contributed by atoms with Crippen molar-refractivity contribution >= 4 is 17.7 Å². The molecule has 5 heteroatoms. The molecule has 0 aliphatic heterocycles.